The van der Waals surface area contributed by atoms with Gasteiger partial charge in [0.15, 0.2) is 0 Å². The summed E-state index contributed by atoms with van der Waals surface area (Å²) < 4.78 is 4.57. The number of carbonyl (C=O) groups excluding carboxylic acids is 1. The molecule has 0 spiro atoms. The van der Waals surface area contributed by atoms with Crippen LogP contribution >= 0.6 is 11.3 Å². The quantitative estimate of drug-likeness (QED) is 0.823. The Hall–Kier alpha value is -0.940. The fourth-order valence-electron chi connectivity index (χ4n) is 1.17. The van der Waals surface area contributed by atoms with Gasteiger partial charge in [0.1, 0.15) is 0 Å². The van der Waals surface area contributed by atoms with Gasteiger partial charge in [-0.2, -0.15) is 0 Å². The van der Waals surface area contributed by atoms with Crippen LogP contribution in [0.5, 0.6) is 0 Å². The first-order valence-corrected chi connectivity index (χ1v) is 6.01. The molecule has 0 aromatic carbocycles. The van der Waals surface area contributed by atoms with Crippen molar-refractivity contribution in [1.29, 1.82) is 0 Å². The molecular weight excluding hydrogens is 224 g/mol. The lowest BCUT2D eigenvalue weighted by Gasteiger charge is -2.14. The largest absolute Gasteiger partial charge is 0.469 e. The lowest BCUT2D eigenvalue weighted by atomic mass is 9.98. The Morgan fingerprint density at radius 2 is 2.25 bits per heavy atom. The van der Waals surface area contributed by atoms with E-state index in [0.29, 0.717) is 0 Å². The Balaban J connectivity index is 2.74. The lowest BCUT2D eigenvalue weighted by Crippen LogP contribution is -2.17. The van der Waals surface area contributed by atoms with Crippen molar-refractivity contribution >= 4 is 17.3 Å². The van der Waals surface area contributed by atoms with Gasteiger partial charge in [-0.25, -0.2) is 4.98 Å². The van der Waals surface area contributed by atoms with Crippen LogP contribution in [0.1, 0.15) is 43.9 Å². The molecule has 2 N–H and O–H groups in total. The fraction of sp³-hybridized carbons (Fsp3) is 0.636. The highest BCUT2D eigenvalue weighted by atomic mass is 32.1. The topological polar surface area (TPSA) is 65.2 Å². The number of aromatic nitrogens is 1. The maximum Gasteiger partial charge on any atom is 0.307 e. The summed E-state index contributed by atoms with van der Waals surface area (Å²) in [6.45, 7) is 6.30. The summed E-state index contributed by atoms with van der Waals surface area (Å²) in [5.74, 6) is -0.308. The van der Waals surface area contributed by atoms with Gasteiger partial charge in [0, 0.05) is 10.8 Å². The van der Waals surface area contributed by atoms with Crippen molar-refractivity contribution in [3.8, 4) is 0 Å². The zero-order valence-corrected chi connectivity index (χ0v) is 10.9. The molecule has 16 heavy (non-hydrogen) atoms. The molecule has 1 heterocycles. The zero-order valence-electron chi connectivity index (χ0n) is 10.1. The number of methoxy groups -OCH3 is 1. The second-order valence-corrected chi connectivity index (χ2v) is 5.57. The minimum atomic E-state index is -0.375. The first-order chi connectivity index (χ1) is 7.34. The molecular formula is C11H18N2O2S. The molecule has 0 aliphatic carbocycles. The highest BCUT2D eigenvalue weighted by Gasteiger charge is 2.21. The Labute approximate surface area is 99.8 Å². The molecule has 0 fully saturated rings. The van der Waals surface area contributed by atoms with Gasteiger partial charge < -0.3 is 10.5 Å². The van der Waals surface area contributed by atoms with Gasteiger partial charge in [0.2, 0.25) is 0 Å². The molecule has 90 valence electrons. The summed E-state index contributed by atoms with van der Waals surface area (Å²) in [5.41, 5.74) is 6.66. The van der Waals surface area contributed by atoms with E-state index >= 15 is 0 Å². The van der Waals surface area contributed by atoms with Crippen molar-refractivity contribution in [2.24, 2.45) is 5.73 Å². The van der Waals surface area contributed by atoms with Crippen molar-refractivity contribution in [2.75, 3.05) is 7.11 Å². The van der Waals surface area contributed by atoms with E-state index in [1.165, 1.54) is 7.11 Å². The van der Waals surface area contributed by atoms with Crippen LogP contribution in [0.2, 0.25) is 0 Å². The van der Waals surface area contributed by atoms with Gasteiger partial charge in [0.25, 0.3) is 0 Å². The summed E-state index contributed by atoms with van der Waals surface area (Å²) in [4.78, 5) is 15.5. The van der Waals surface area contributed by atoms with Gasteiger partial charge in [-0.1, -0.05) is 20.8 Å². The third-order valence-corrected chi connectivity index (χ3v) is 3.44. The van der Waals surface area contributed by atoms with Crippen molar-refractivity contribution in [1.82, 2.24) is 4.98 Å². The first kappa shape index (κ1) is 13.1. The minimum absolute atomic E-state index is 0.0217. The molecule has 1 unspecified atom stereocenters. The van der Waals surface area contributed by atoms with Crippen LogP contribution in [0, 0.1) is 0 Å². The third-order valence-electron chi connectivity index (χ3n) is 2.16. The number of hydrogen-bond acceptors (Lipinski definition) is 5. The number of nitrogens with two attached hydrogens (primary N) is 1. The van der Waals surface area contributed by atoms with E-state index in [0.717, 1.165) is 10.7 Å². The molecule has 0 aliphatic heterocycles. The van der Waals surface area contributed by atoms with Crippen LogP contribution in [0.15, 0.2) is 5.38 Å². The van der Waals surface area contributed by atoms with Gasteiger partial charge in [-0.05, 0) is 0 Å². The number of rotatable bonds is 3. The number of ether oxygens (including phenoxy) is 1. The Morgan fingerprint density at radius 1 is 1.62 bits per heavy atom. The summed E-state index contributed by atoms with van der Waals surface area (Å²) >= 11 is 1.58. The second-order valence-electron chi connectivity index (χ2n) is 4.71. The summed E-state index contributed by atoms with van der Waals surface area (Å²) in [5, 5.41) is 2.94. The molecule has 1 atom stereocenters. The number of thiazole rings is 1. The van der Waals surface area contributed by atoms with Gasteiger partial charge in [-0.3, -0.25) is 4.79 Å². The molecule has 0 saturated carbocycles. The summed E-state index contributed by atoms with van der Waals surface area (Å²) in [6.07, 6.45) is 0.170. The normalized spacial score (nSPS) is 13.6. The number of hydrogen-bond donors (Lipinski definition) is 1. The molecule has 0 bridgehead atoms. The Morgan fingerprint density at radius 3 is 2.69 bits per heavy atom. The van der Waals surface area contributed by atoms with Crippen molar-refractivity contribution < 1.29 is 9.53 Å². The summed E-state index contributed by atoms with van der Waals surface area (Å²) in [7, 11) is 1.36. The standard InChI is InChI=1S/C11H18N2O2S/c1-11(2,3)10-13-8(6-16-10)7(12)5-9(14)15-4/h6-7H,5,12H2,1-4H3. The number of carbonyl (C=O) groups is 1. The van der Waals surface area contributed by atoms with Crippen molar-refractivity contribution in [2.45, 2.75) is 38.6 Å². The second kappa shape index (κ2) is 4.93. The average molecular weight is 242 g/mol. The summed E-state index contributed by atoms with van der Waals surface area (Å²) in [6, 6.07) is -0.375. The molecule has 1 aromatic heterocycles. The van der Waals surface area contributed by atoms with Crippen LogP contribution < -0.4 is 5.73 Å². The van der Waals surface area contributed by atoms with Crippen LogP contribution in [-0.2, 0) is 14.9 Å². The average Bonchev–Trinajstić information content (AvgIpc) is 2.65. The van der Waals surface area contributed by atoms with Gasteiger partial charge in [0.05, 0.1) is 30.3 Å². The van der Waals surface area contributed by atoms with Crippen LogP contribution in [0.25, 0.3) is 0 Å². The molecule has 1 rings (SSSR count). The molecule has 4 nitrogen and oxygen atoms in total. The molecule has 0 saturated heterocycles. The lowest BCUT2D eigenvalue weighted by molar-refractivity contribution is -0.141. The van der Waals surface area contributed by atoms with E-state index in [4.69, 9.17) is 5.73 Å². The molecule has 0 aliphatic rings. The van der Waals surface area contributed by atoms with Crippen LogP contribution in [-0.4, -0.2) is 18.1 Å². The van der Waals surface area contributed by atoms with Crippen LogP contribution in [0.3, 0.4) is 0 Å². The SMILES string of the molecule is COC(=O)CC(N)c1csc(C(C)(C)C)n1. The molecule has 0 radical (unpaired) electrons. The van der Waals surface area contributed by atoms with E-state index in [1.807, 2.05) is 5.38 Å². The van der Waals surface area contributed by atoms with E-state index in [1.54, 1.807) is 11.3 Å². The highest BCUT2D eigenvalue weighted by molar-refractivity contribution is 7.09. The minimum Gasteiger partial charge on any atom is -0.469 e. The fourth-order valence-corrected chi connectivity index (χ4v) is 2.14. The zero-order chi connectivity index (χ0) is 12.3. The smallest absolute Gasteiger partial charge is 0.307 e. The number of nitrogens with zero attached hydrogens (tertiary/aromatic N) is 1. The molecule has 0 amide bonds. The van der Waals surface area contributed by atoms with E-state index in [2.05, 4.69) is 30.5 Å². The predicted octanol–water partition coefficient (Wildman–Crippen LogP) is 2.00. The maximum atomic E-state index is 11.1. The number of esters is 1. The maximum absolute atomic E-state index is 11.1. The first-order valence-electron chi connectivity index (χ1n) is 5.13. The highest BCUT2D eigenvalue weighted by Crippen LogP contribution is 2.27. The third kappa shape index (κ3) is 3.28. The van der Waals surface area contributed by atoms with Crippen molar-refractivity contribution in [3.63, 3.8) is 0 Å². The monoisotopic (exact) mass is 242 g/mol. The predicted molar refractivity (Wildman–Crippen MR) is 64.4 cm³/mol. The molecule has 5 heteroatoms. The van der Waals surface area contributed by atoms with Crippen molar-refractivity contribution in [3.05, 3.63) is 16.1 Å². The Kier molecular flexibility index (Phi) is 4.04. The van der Waals surface area contributed by atoms with E-state index < -0.39 is 0 Å². The molecule has 1 aromatic rings. The van der Waals surface area contributed by atoms with E-state index in [-0.39, 0.29) is 23.8 Å². The van der Waals surface area contributed by atoms with Gasteiger partial charge >= 0.3 is 5.97 Å². The Bertz CT molecular complexity index is 368. The van der Waals surface area contributed by atoms with E-state index in [9.17, 15) is 4.79 Å². The van der Waals surface area contributed by atoms with Crippen LogP contribution in [0.4, 0.5) is 0 Å². The van der Waals surface area contributed by atoms with Gasteiger partial charge in [-0.15, -0.1) is 11.3 Å².